The van der Waals surface area contributed by atoms with E-state index in [1.807, 2.05) is 37.3 Å². The Balaban J connectivity index is 1.40. The van der Waals surface area contributed by atoms with Gasteiger partial charge in [-0.05, 0) is 18.9 Å². The highest BCUT2D eigenvalue weighted by Crippen LogP contribution is 2.27. The maximum atomic E-state index is 12.6. The molecule has 0 aliphatic carbocycles. The number of hydrogen-bond acceptors (Lipinski definition) is 6. The van der Waals surface area contributed by atoms with E-state index in [1.54, 1.807) is 19.4 Å². The smallest absolute Gasteiger partial charge is 0.320 e. The summed E-state index contributed by atoms with van der Waals surface area (Å²) in [5, 5.41) is 13.8. The van der Waals surface area contributed by atoms with Crippen LogP contribution in [0.15, 0.2) is 42.6 Å². The molecular weight excluding hydrogens is 410 g/mol. The summed E-state index contributed by atoms with van der Waals surface area (Å²) in [6, 6.07) is 11.0. The first kappa shape index (κ1) is 22.0. The Kier molecular flexibility index (Phi) is 7.18. The van der Waals surface area contributed by atoms with Crippen LogP contribution in [0.3, 0.4) is 0 Å². The Morgan fingerprint density at radius 3 is 2.97 bits per heavy atom. The van der Waals surface area contributed by atoms with Crippen molar-refractivity contribution in [3.63, 3.8) is 0 Å². The van der Waals surface area contributed by atoms with Gasteiger partial charge in [0.25, 0.3) is 0 Å². The van der Waals surface area contributed by atoms with Crippen LogP contribution in [0.1, 0.15) is 37.8 Å². The lowest BCUT2D eigenvalue weighted by Crippen LogP contribution is -2.33. The van der Waals surface area contributed by atoms with E-state index < -0.39 is 0 Å². The highest BCUT2D eigenvalue weighted by atomic mass is 16.5. The summed E-state index contributed by atoms with van der Waals surface area (Å²) >= 11 is 0. The molecule has 1 aliphatic heterocycles. The van der Waals surface area contributed by atoms with Gasteiger partial charge in [0.1, 0.15) is 11.9 Å². The number of benzene rings is 1. The molecule has 0 radical (unpaired) electrons. The first-order valence-corrected chi connectivity index (χ1v) is 10.9. The summed E-state index contributed by atoms with van der Waals surface area (Å²) in [7, 11) is 1.65. The Morgan fingerprint density at radius 2 is 2.19 bits per heavy atom. The number of amides is 2. The fourth-order valence-corrected chi connectivity index (χ4v) is 3.82. The van der Waals surface area contributed by atoms with Gasteiger partial charge in [-0.1, -0.05) is 30.3 Å². The van der Waals surface area contributed by atoms with Gasteiger partial charge in [0.05, 0.1) is 29.7 Å². The Hall–Kier alpha value is -3.17. The molecular formula is C23H29N5O4. The van der Waals surface area contributed by atoms with Gasteiger partial charge in [0.2, 0.25) is 5.88 Å². The third-order valence-corrected chi connectivity index (χ3v) is 5.49. The molecule has 3 N–H and O–H groups in total. The van der Waals surface area contributed by atoms with Crippen molar-refractivity contribution in [2.24, 2.45) is 0 Å². The van der Waals surface area contributed by atoms with E-state index in [1.165, 1.54) is 0 Å². The zero-order chi connectivity index (χ0) is 22.3. The van der Waals surface area contributed by atoms with Crippen LogP contribution in [0.4, 0.5) is 10.6 Å². The fraction of sp³-hybridized carbons (Fsp3) is 0.435. The lowest BCUT2D eigenvalue weighted by Gasteiger charge is -2.27. The van der Waals surface area contributed by atoms with Crippen LogP contribution >= 0.6 is 0 Å². The number of ether oxygens (including phenoxy) is 3. The number of hydrogen-bond donors (Lipinski definition) is 3. The lowest BCUT2D eigenvalue weighted by atomic mass is 10.0. The minimum Gasteiger partial charge on any atom is -0.473 e. The van der Waals surface area contributed by atoms with Crippen LogP contribution in [0.25, 0.3) is 10.9 Å². The summed E-state index contributed by atoms with van der Waals surface area (Å²) in [5.41, 5.74) is 1.75. The number of methoxy groups -OCH3 is 1. The molecule has 1 aliphatic rings. The summed E-state index contributed by atoms with van der Waals surface area (Å²) in [6.07, 6.45) is 4.22. The molecule has 4 rings (SSSR count). The first-order valence-electron chi connectivity index (χ1n) is 10.9. The molecule has 1 saturated heterocycles. The van der Waals surface area contributed by atoms with Crippen molar-refractivity contribution in [3.05, 3.63) is 48.2 Å². The van der Waals surface area contributed by atoms with Crippen LogP contribution in [-0.4, -0.2) is 53.7 Å². The molecule has 0 spiro atoms. The number of nitrogens with one attached hydrogen (secondary N) is 3. The van der Waals surface area contributed by atoms with Crippen LogP contribution in [0.2, 0.25) is 0 Å². The minimum absolute atomic E-state index is 0.0656. The maximum Gasteiger partial charge on any atom is 0.320 e. The molecule has 2 aromatic heterocycles. The number of rotatable bonds is 8. The lowest BCUT2D eigenvalue weighted by molar-refractivity contribution is -0.0260. The normalized spacial score (nSPS) is 19.4. The summed E-state index contributed by atoms with van der Waals surface area (Å²) < 4.78 is 16.8. The number of urea groups is 1. The number of pyridine rings is 1. The van der Waals surface area contributed by atoms with E-state index in [0.29, 0.717) is 31.3 Å². The van der Waals surface area contributed by atoms with E-state index in [2.05, 4.69) is 25.8 Å². The topological polar surface area (TPSA) is 110 Å². The third kappa shape index (κ3) is 5.54. The quantitative estimate of drug-likeness (QED) is 0.492. The van der Waals surface area contributed by atoms with Gasteiger partial charge in [0.15, 0.2) is 0 Å². The van der Waals surface area contributed by atoms with Gasteiger partial charge in [-0.3, -0.25) is 10.4 Å². The molecule has 0 saturated carbocycles. The molecule has 9 nitrogen and oxygen atoms in total. The van der Waals surface area contributed by atoms with E-state index in [0.717, 1.165) is 29.3 Å². The van der Waals surface area contributed by atoms with Gasteiger partial charge in [-0.2, -0.15) is 0 Å². The fourth-order valence-electron chi connectivity index (χ4n) is 3.82. The van der Waals surface area contributed by atoms with Gasteiger partial charge in [-0.15, -0.1) is 5.10 Å². The van der Waals surface area contributed by atoms with Crippen LogP contribution in [0, 0.1) is 0 Å². The molecule has 170 valence electrons. The van der Waals surface area contributed by atoms with Crippen molar-refractivity contribution in [1.82, 2.24) is 20.5 Å². The number of fused-ring (bicyclic) bond motifs is 1. The molecule has 1 aromatic carbocycles. The molecule has 3 atom stereocenters. The Labute approximate surface area is 186 Å². The van der Waals surface area contributed by atoms with Gasteiger partial charge in [-0.25, -0.2) is 9.78 Å². The molecule has 0 bridgehead atoms. The minimum atomic E-state index is -0.339. The Morgan fingerprint density at radius 1 is 1.34 bits per heavy atom. The maximum absolute atomic E-state index is 12.6. The van der Waals surface area contributed by atoms with E-state index in [9.17, 15) is 4.79 Å². The van der Waals surface area contributed by atoms with Crippen molar-refractivity contribution < 1.29 is 19.0 Å². The number of aromatic amines is 1. The van der Waals surface area contributed by atoms with Gasteiger partial charge in [0, 0.05) is 38.8 Å². The summed E-state index contributed by atoms with van der Waals surface area (Å²) in [4.78, 5) is 17.0. The number of nitrogens with zero attached hydrogens (tertiary/aromatic N) is 2. The summed E-state index contributed by atoms with van der Waals surface area (Å²) in [5.74, 6) is 0.940. The standard InChI is InChI=1S/C23H29N5O4/c1-15-12-17(8-11-31-15)32-22-18-14-24-21(13-20(18)27-28-22)26-23(29)25-19(9-10-30-2)16-6-4-3-5-7-16/h3-7,13-15,17,19H,8-12H2,1-2H3,(H,27,28)(H2,24,25,26,29). The van der Waals surface area contributed by atoms with Crippen molar-refractivity contribution >= 4 is 22.8 Å². The van der Waals surface area contributed by atoms with Crippen molar-refractivity contribution in [3.8, 4) is 5.88 Å². The monoisotopic (exact) mass is 439 g/mol. The van der Waals surface area contributed by atoms with Crippen LogP contribution in [-0.2, 0) is 9.47 Å². The van der Waals surface area contributed by atoms with Gasteiger partial charge >= 0.3 is 6.03 Å². The predicted molar refractivity (Wildman–Crippen MR) is 121 cm³/mol. The number of aromatic nitrogens is 3. The van der Waals surface area contributed by atoms with Crippen LogP contribution < -0.4 is 15.4 Å². The zero-order valence-electron chi connectivity index (χ0n) is 18.3. The average molecular weight is 440 g/mol. The third-order valence-electron chi connectivity index (χ3n) is 5.49. The predicted octanol–water partition coefficient (Wildman–Crippen LogP) is 3.80. The highest BCUT2D eigenvalue weighted by molar-refractivity contribution is 5.92. The number of carbonyl (C=O) groups is 1. The second kappa shape index (κ2) is 10.4. The molecule has 9 heteroatoms. The number of carbonyl (C=O) groups excluding carboxylic acids is 1. The Bertz CT molecular complexity index is 1030. The second-order valence-corrected chi connectivity index (χ2v) is 7.93. The number of anilines is 1. The summed E-state index contributed by atoms with van der Waals surface area (Å²) in [6.45, 7) is 3.26. The SMILES string of the molecule is COCCC(NC(=O)Nc1cc2[nH]nc(OC3CCOC(C)C3)c2cn1)c1ccccc1. The van der Waals surface area contributed by atoms with Crippen LogP contribution in [0.5, 0.6) is 5.88 Å². The van der Waals surface area contributed by atoms with E-state index >= 15 is 0 Å². The zero-order valence-corrected chi connectivity index (χ0v) is 18.3. The van der Waals surface area contributed by atoms with Gasteiger partial charge < -0.3 is 19.5 Å². The van der Waals surface area contributed by atoms with E-state index in [-0.39, 0.29) is 24.3 Å². The molecule has 1 fully saturated rings. The first-order chi connectivity index (χ1) is 15.6. The molecule has 2 amide bonds. The largest absolute Gasteiger partial charge is 0.473 e. The van der Waals surface area contributed by atoms with Crippen molar-refractivity contribution in [2.45, 2.75) is 44.4 Å². The average Bonchev–Trinajstić information content (AvgIpc) is 3.19. The molecule has 3 aromatic rings. The molecule has 3 unspecified atom stereocenters. The molecule has 3 heterocycles. The molecule has 32 heavy (non-hydrogen) atoms. The van der Waals surface area contributed by atoms with Crippen molar-refractivity contribution in [2.75, 3.05) is 25.6 Å². The van der Waals surface area contributed by atoms with Crippen molar-refractivity contribution in [1.29, 1.82) is 0 Å². The number of H-pyrrole nitrogens is 1. The highest BCUT2D eigenvalue weighted by Gasteiger charge is 2.23. The van der Waals surface area contributed by atoms with E-state index in [4.69, 9.17) is 14.2 Å². The second-order valence-electron chi connectivity index (χ2n) is 7.93.